The van der Waals surface area contributed by atoms with Crippen LogP contribution in [-0.2, 0) is 25.7 Å². The molecule has 10 heteroatoms. The van der Waals surface area contributed by atoms with Crippen molar-refractivity contribution in [2.75, 3.05) is 5.75 Å². The number of thiazole rings is 1. The fourth-order valence-corrected chi connectivity index (χ4v) is 5.33. The molecule has 3 heterocycles. The van der Waals surface area contributed by atoms with Gasteiger partial charge in [0, 0.05) is 11.1 Å². The molecule has 2 aliphatic heterocycles. The Balaban J connectivity index is 1.89. The monoisotopic (exact) mass is 492 g/mol. The second-order valence-corrected chi connectivity index (χ2v) is 10.7. The Labute approximate surface area is 203 Å². The molecule has 2 N–H and O–H groups in total. The number of aromatic nitrogens is 1. The van der Waals surface area contributed by atoms with Crippen LogP contribution in [0.15, 0.2) is 22.5 Å². The van der Waals surface area contributed by atoms with Gasteiger partial charge < -0.3 is 15.4 Å². The summed E-state index contributed by atoms with van der Waals surface area (Å²) < 4.78 is 5.71. The molecular weight excluding hydrogens is 460 g/mol. The number of rotatable bonds is 5. The van der Waals surface area contributed by atoms with Crippen LogP contribution in [0.2, 0.25) is 0 Å². The number of nitrogens with one attached hydrogen (secondary N) is 2. The number of fused-ring (bicyclic) bond motifs is 4. The number of cyclic esters (lactones) is 1. The highest BCUT2D eigenvalue weighted by atomic mass is 32.2. The second kappa shape index (κ2) is 11.3. The van der Waals surface area contributed by atoms with Crippen molar-refractivity contribution in [3.05, 3.63) is 28.2 Å². The van der Waals surface area contributed by atoms with E-state index in [1.807, 2.05) is 25.3 Å². The number of thioether (sulfide) groups is 1. The topological polar surface area (TPSA) is 110 Å². The maximum atomic E-state index is 13.2. The highest BCUT2D eigenvalue weighted by Gasteiger charge is 2.41. The van der Waals surface area contributed by atoms with Crippen LogP contribution in [0.3, 0.4) is 0 Å². The second-order valence-electron chi connectivity index (χ2n) is 8.83. The molecule has 8 nitrogen and oxygen atoms in total. The molecule has 180 valence electrons. The average molecular weight is 493 g/mol. The van der Waals surface area contributed by atoms with E-state index in [-0.39, 0.29) is 30.7 Å². The maximum Gasteiger partial charge on any atom is 0.329 e. The molecule has 1 aromatic rings. The molecular formula is C23H32N4O4S2. The Morgan fingerprint density at radius 3 is 2.85 bits per heavy atom. The van der Waals surface area contributed by atoms with Gasteiger partial charge in [-0.2, -0.15) is 0 Å². The molecule has 2 aliphatic rings. The van der Waals surface area contributed by atoms with Crippen LogP contribution in [0, 0.1) is 5.92 Å². The van der Waals surface area contributed by atoms with Crippen LogP contribution < -0.4 is 10.6 Å². The molecule has 0 aliphatic carbocycles. The summed E-state index contributed by atoms with van der Waals surface area (Å²) in [7, 11) is 0. The van der Waals surface area contributed by atoms with Gasteiger partial charge in [0.2, 0.25) is 11.8 Å². The van der Waals surface area contributed by atoms with E-state index in [0.29, 0.717) is 16.5 Å². The number of carbonyl (C=O) groups is 3. The fraction of sp³-hybridized carbons (Fsp3) is 0.609. The van der Waals surface area contributed by atoms with Gasteiger partial charge in [0.1, 0.15) is 33.4 Å². The highest BCUT2D eigenvalue weighted by Crippen LogP contribution is 2.32. The van der Waals surface area contributed by atoms with Crippen molar-refractivity contribution in [2.45, 2.75) is 77.6 Å². The molecule has 0 saturated carbocycles. The minimum Gasteiger partial charge on any atom is -0.456 e. The standard InChI is InChI=1S/C23H32N4O4S2/c1-5-6-7-8-9-15-10-17(28)24-11-18-25-16(12-32-18)20-27-23(4,13-33-20)22(30)26-19(14(2)3)21(29)31-15/h8-9,12,14-15,19H,5-7,10-11,13H2,1-4H3,(H,24,28)(H,26,30)/b9-8+/t15?,19-,23-/m0/s1. The number of unbranched alkanes of at least 4 members (excludes halogenated alkanes) is 2. The van der Waals surface area contributed by atoms with E-state index in [1.54, 1.807) is 13.0 Å². The highest BCUT2D eigenvalue weighted by molar-refractivity contribution is 8.14. The molecule has 1 unspecified atom stereocenters. The number of ether oxygens (including phenoxy) is 1. The summed E-state index contributed by atoms with van der Waals surface area (Å²) >= 11 is 2.90. The summed E-state index contributed by atoms with van der Waals surface area (Å²) in [4.78, 5) is 48.0. The SMILES string of the molecule is CCCC/C=C/C1CC(=O)NCc2nc(cs2)C2=N[C@@](C)(CS2)C(=O)N[C@@H](C(C)C)C(=O)O1. The molecule has 0 fully saturated rings. The Bertz CT molecular complexity index is 943. The van der Waals surface area contributed by atoms with Crippen molar-refractivity contribution in [1.29, 1.82) is 0 Å². The van der Waals surface area contributed by atoms with Crippen LogP contribution in [0.25, 0.3) is 0 Å². The first-order valence-corrected chi connectivity index (χ1v) is 13.2. The number of carbonyl (C=O) groups excluding carboxylic acids is 3. The molecule has 0 saturated heterocycles. The van der Waals surface area contributed by atoms with E-state index in [4.69, 9.17) is 4.74 Å². The fourth-order valence-electron chi connectivity index (χ4n) is 3.40. The van der Waals surface area contributed by atoms with Gasteiger partial charge in [0.05, 0.1) is 13.0 Å². The molecule has 2 amide bonds. The Hall–Kier alpha value is -2.20. The van der Waals surface area contributed by atoms with Crippen molar-refractivity contribution in [3.8, 4) is 0 Å². The quantitative estimate of drug-likeness (QED) is 0.371. The Morgan fingerprint density at radius 2 is 2.12 bits per heavy atom. The zero-order valence-corrected chi connectivity index (χ0v) is 21.2. The largest absolute Gasteiger partial charge is 0.456 e. The van der Waals surface area contributed by atoms with Crippen LogP contribution >= 0.6 is 23.1 Å². The summed E-state index contributed by atoms with van der Waals surface area (Å²) in [5, 5.41) is 9.04. The van der Waals surface area contributed by atoms with Gasteiger partial charge in [-0.3, -0.25) is 14.6 Å². The molecule has 4 bridgehead atoms. The summed E-state index contributed by atoms with van der Waals surface area (Å²) in [6, 6.07) is -0.841. The third-order valence-corrected chi connectivity index (χ3v) is 7.60. The summed E-state index contributed by atoms with van der Waals surface area (Å²) in [5.41, 5.74) is -0.295. The van der Waals surface area contributed by atoms with Crippen LogP contribution in [0.4, 0.5) is 0 Å². The first-order chi connectivity index (χ1) is 15.7. The molecule has 0 spiro atoms. The smallest absolute Gasteiger partial charge is 0.329 e. The number of nitrogens with zero attached hydrogens (tertiary/aromatic N) is 2. The van der Waals surface area contributed by atoms with Gasteiger partial charge in [-0.25, -0.2) is 9.78 Å². The average Bonchev–Trinajstić information content (AvgIpc) is 3.40. The molecule has 3 rings (SSSR count). The lowest BCUT2D eigenvalue weighted by Crippen LogP contribution is -2.53. The van der Waals surface area contributed by atoms with Gasteiger partial charge in [-0.1, -0.05) is 39.7 Å². The molecule has 1 aromatic heterocycles. The van der Waals surface area contributed by atoms with Crippen molar-refractivity contribution in [1.82, 2.24) is 15.6 Å². The molecule has 0 aromatic carbocycles. The number of aliphatic imine (C=N–C) groups is 1. The first kappa shape index (κ1) is 25.4. The molecule has 3 atom stereocenters. The summed E-state index contributed by atoms with van der Waals surface area (Å²) in [6.45, 7) is 7.85. The number of hydrogen-bond acceptors (Lipinski definition) is 8. The van der Waals surface area contributed by atoms with Gasteiger partial charge in [0.15, 0.2) is 0 Å². The van der Waals surface area contributed by atoms with Crippen LogP contribution in [-0.4, -0.2) is 51.2 Å². The Kier molecular flexibility index (Phi) is 8.69. The third kappa shape index (κ3) is 6.66. The molecule has 33 heavy (non-hydrogen) atoms. The third-order valence-electron chi connectivity index (χ3n) is 5.47. The zero-order chi connectivity index (χ0) is 24.0. The number of amides is 2. The summed E-state index contributed by atoms with van der Waals surface area (Å²) in [6.07, 6.45) is 5.90. The van der Waals surface area contributed by atoms with Gasteiger partial charge in [-0.05, 0) is 25.3 Å². The van der Waals surface area contributed by atoms with Crippen molar-refractivity contribution in [2.24, 2.45) is 10.9 Å². The number of esters is 1. The molecule has 0 radical (unpaired) electrons. The van der Waals surface area contributed by atoms with E-state index in [9.17, 15) is 14.4 Å². The van der Waals surface area contributed by atoms with Gasteiger partial charge >= 0.3 is 5.97 Å². The first-order valence-electron chi connectivity index (χ1n) is 11.3. The predicted molar refractivity (Wildman–Crippen MR) is 131 cm³/mol. The minimum atomic E-state index is -0.998. The lowest BCUT2D eigenvalue weighted by atomic mass is 10.0. The summed E-state index contributed by atoms with van der Waals surface area (Å²) in [5.74, 6) is -0.843. The normalized spacial score (nSPS) is 26.8. The Morgan fingerprint density at radius 1 is 1.33 bits per heavy atom. The van der Waals surface area contributed by atoms with E-state index in [1.165, 1.54) is 23.1 Å². The van der Waals surface area contributed by atoms with Gasteiger partial charge in [0.25, 0.3) is 0 Å². The zero-order valence-electron chi connectivity index (χ0n) is 19.6. The minimum absolute atomic E-state index is 0.00559. The van der Waals surface area contributed by atoms with Crippen LogP contribution in [0.1, 0.15) is 64.1 Å². The van der Waals surface area contributed by atoms with E-state index < -0.39 is 23.7 Å². The van der Waals surface area contributed by atoms with Crippen molar-refractivity contribution in [3.63, 3.8) is 0 Å². The van der Waals surface area contributed by atoms with E-state index >= 15 is 0 Å². The predicted octanol–water partition coefficient (Wildman–Crippen LogP) is 3.21. The van der Waals surface area contributed by atoms with Crippen LogP contribution in [0.5, 0.6) is 0 Å². The van der Waals surface area contributed by atoms with E-state index in [2.05, 4.69) is 27.5 Å². The number of hydrogen-bond donors (Lipinski definition) is 2. The lowest BCUT2D eigenvalue weighted by Gasteiger charge is -2.27. The van der Waals surface area contributed by atoms with Crippen molar-refractivity contribution >= 4 is 45.9 Å². The maximum absolute atomic E-state index is 13.2. The van der Waals surface area contributed by atoms with Gasteiger partial charge in [-0.15, -0.1) is 23.1 Å². The van der Waals surface area contributed by atoms with E-state index in [0.717, 1.165) is 24.3 Å². The van der Waals surface area contributed by atoms with Crippen molar-refractivity contribution < 1.29 is 19.1 Å². The lowest BCUT2D eigenvalue weighted by molar-refractivity contribution is -0.153. The number of allylic oxidation sites excluding steroid dienone is 1.